The average Bonchev–Trinajstić information content (AvgIpc) is 2.50. The van der Waals surface area contributed by atoms with E-state index in [4.69, 9.17) is 12.2 Å². The number of rotatable bonds is 4. The molecule has 116 valence electrons. The van der Waals surface area contributed by atoms with Crippen molar-refractivity contribution >= 4 is 23.1 Å². The molecule has 0 aromatic rings. The number of carbonyl (C=O) groups is 1. The number of thiocarbonyl (C=S) groups is 1. The van der Waals surface area contributed by atoms with E-state index in [1.165, 1.54) is 0 Å². The van der Waals surface area contributed by atoms with Crippen molar-refractivity contribution in [3.63, 3.8) is 0 Å². The van der Waals surface area contributed by atoms with Crippen LogP contribution in [0, 0.1) is 0 Å². The summed E-state index contributed by atoms with van der Waals surface area (Å²) in [5, 5.41) is 10.1. The van der Waals surface area contributed by atoms with Crippen molar-refractivity contribution in [2.45, 2.75) is 26.9 Å². The standard InChI is InChI=1S/C16H24N2O2S/c1-5-12(2)6-7-13(3)15(19)16(20)18-10-8-17(9-11-18)14(4)21/h5-7,15,19H,1,8-11H2,2-4H3/b12-6-,13-7+. The number of nitrogens with zero attached hydrogens (tertiary/aromatic N) is 2. The van der Waals surface area contributed by atoms with E-state index < -0.39 is 6.10 Å². The maximum Gasteiger partial charge on any atom is 0.255 e. The van der Waals surface area contributed by atoms with Crippen molar-refractivity contribution in [3.8, 4) is 0 Å². The van der Waals surface area contributed by atoms with Gasteiger partial charge in [-0.05, 0) is 26.3 Å². The van der Waals surface area contributed by atoms with Gasteiger partial charge in [-0.25, -0.2) is 0 Å². The quantitative estimate of drug-likeness (QED) is 0.636. The smallest absolute Gasteiger partial charge is 0.255 e. The van der Waals surface area contributed by atoms with E-state index in [1.807, 2.05) is 19.9 Å². The molecule has 1 amide bonds. The molecule has 5 heteroatoms. The molecule has 1 aliphatic heterocycles. The van der Waals surface area contributed by atoms with Crippen LogP contribution in [0.4, 0.5) is 0 Å². The molecule has 0 aromatic carbocycles. The highest BCUT2D eigenvalue weighted by molar-refractivity contribution is 7.80. The number of carbonyl (C=O) groups excluding carboxylic acids is 1. The number of hydrogen-bond donors (Lipinski definition) is 1. The molecule has 0 aromatic heterocycles. The van der Waals surface area contributed by atoms with Gasteiger partial charge < -0.3 is 14.9 Å². The second-order valence-corrected chi connectivity index (χ2v) is 5.85. The van der Waals surface area contributed by atoms with Gasteiger partial charge in [0.1, 0.15) is 0 Å². The van der Waals surface area contributed by atoms with Crippen molar-refractivity contribution in [2.75, 3.05) is 26.2 Å². The van der Waals surface area contributed by atoms with Gasteiger partial charge in [0.25, 0.3) is 5.91 Å². The fraction of sp³-hybridized carbons (Fsp3) is 0.500. The highest BCUT2D eigenvalue weighted by Gasteiger charge is 2.26. The van der Waals surface area contributed by atoms with Gasteiger partial charge in [-0.2, -0.15) is 0 Å². The van der Waals surface area contributed by atoms with E-state index in [9.17, 15) is 9.90 Å². The minimum atomic E-state index is -1.08. The second kappa shape index (κ2) is 8.10. The molecule has 21 heavy (non-hydrogen) atoms. The van der Waals surface area contributed by atoms with Gasteiger partial charge in [-0.3, -0.25) is 4.79 Å². The van der Waals surface area contributed by atoms with Gasteiger partial charge in [0, 0.05) is 26.2 Å². The number of amides is 1. The Morgan fingerprint density at radius 2 is 1.67 bits per heavy atom. The van der Waals surface area contributed by atoms with Crippen molar-refractivity contribution in [2.24, 2.45) is 0 Å². The molecule has 1 N–H and O–H groups in total. The SMILES string of the molecule is C=C/C(C)=C\C=C(/C)C(O)C(=O)N1CCN(C(C)=S)CC1. The first-order valence-electron chi connectivity index (χ1n) is 7.06. The van der Waals surface area contributed by atoms with Crippen LogP contribution >= 0.6 is 12.2 Å². The Labute approximate surface area is 132 Å². The third-order valence-electron chi connectivity index (χ3n) is 3.63. The Kier molecular flexibility index (Phi) is 6.78. The molecule has 1 aliphatic rings. The van der Waals surface area contributed by atoms with Crippen molar-refractivity contribution in [1.82, 2.24) is 9.80 Å². The Hall–Kier alpha value is -1.46. The summed E-state index contributed by atoms with van der Waals surface area (Å²) in [6, 6.07) is 0. The lowest BCUT2D eigenvalue weighted by molar-refractivity contribution is -0.139. The lowest BCUT2D eigenvalue weighted by atomic mass is 10.1. The molecule has 1 unspecified atom stereocenters. The average molecular weight is 308 g/mol. The number of hydrogen-bond acceptors (Lipinski definition) is 3. The zero-order valence-corrected chi connectivity index (χ0v) is 13.8. The maximum absolute atomic E-state index is 12.3. The summed E-state index contributed by atoms with van der Waals surface area (Å²) < 4.78 is 0. The highest BCUT2D eigenvalue weighted by atomic mass is 32.1. The minimum Gasteiger partial charge on any atom is -0.379 e. The lowest BCUT2D eigenvalue weighted by Crippen LogP contribution is -2.52. The summed E-state index contributed by atoms with van der Waals surface area (Å²) >= 11 is 5.13. The predicted molar refractivity (Wildman–Crippen MR) is 90.1 cm³/mol. The Bertz CT molecular complexity index is 475. The topological polar surface area (TPSA) is 43.8 Å². The summed E-state index contributed by atoms with van der Waals surface area (Å²) in [5.74, 6) is -0.241. The largest absolute Gasteiger partial charge is 0.379 e. The Morgan fingerprint density at radius 1 is 1.14 bits per heavy atom. The van der Waals surface area contributed by atoms with E-state index in [2.05, 4.69) is 11.5 Å². The molecule has 1 atom stereocenters. The normalized spacial score (nSPS) is 18.5. The first-order chi connectivity index (χ1) is 9.86. The van der Waals surface area contributed by atoms with Crippen LogP contribution in [0.2, 0.25) is 0 Å². The molecule has 4 nitrogen and oxygen atoms in total. The van der Waals surface area contributed by atoms with Crippen LogP contribution in [0.3, 0.4) is 0 Å². The molecule has 1 fully saturated rings. The number of allylic oxidation sites excluding steroid dienone is 4. The lowest BCUT2D eigenvalue weighted by Gasteiger charge is -2.36. The van der Waals surface area contributed by atoms with Gasteiger partial charge >= 0.3 is 0 Å². The van der Waals surface area contributed by atoms with Gasteiger partial charge in [-0.1, -0.05) is 42.6 Å². The van der Waals surface area contributed by atoms with Crippen molar-refractivity contribution < 1.29 is 9.90 Å². The third-order valence-corrected chi connectivity index (χ3v) is 3.89. The zero-order valence-electron chi connectivity index (χ0n) is 13.0. The number of piperazine rings is 1. The minimum absolute atomic E-state index is 0.241. The fourth-order valence-corrected chi connectivity index (χ4v) is 2.21. The van der Waals surface area contributed by atoms with Gasteiger partial charge in [-0.15, -0.1) is 0 Å². The molecule has 0 bridgehead atoms. The third kappa shape index (κ3) is 5.10. The first-order valence-corrected chi connectivity index (χ1v) is 7.47. The van der Waals surface area contributed by atoms with Gasteiger partial charge in [0.2, 0.25) is 0 Å². The number of aliphatic hydroxyl groups excluding tert-OH is 1. The molecule has 0 saturated carbocycles. The Morgan fingerprint density at radius 3 is 2.14 bits per heavy atom. The van der Waals surface area contributed by atoms with Crippen molar-refractivity contribution in [3.05, 3.63) is 36.0 Å². The van der Waals surface area contributed by atoms with Crippen molar-refractivity contribution in [1.29, 1.82) is 0 Å². The van der Waals surface area contributed by atoms with Crippen LogP contribution in [0.1, 0.15) is 20.8 Å². The number of aliphatic hydroxyl groups is 1. The molecular weight excluding hydrogens is 284 g/mol. The van der Waals surface area contributed by atoms with Crippen LogP contribution in [0.15, 0.2) is 36.0 Å². The van der Waals surface area contributed by atoms with E-state index >= 15 is 0 Å². The van der Waals surface area contributed by atoms with Crippen LogP contribution in [-0.4, -0.2) is 58.1 Å². The predicted octanol–water partition coefficient (Wildman–Crippen LogP) is 1.92. The van der Waals surface area contributed by atoms with Crippen LogP contribution in [0.5, 0.6) is 0 Å². The monoisotopic (exact) mass is 308 g/mol. The molecule has 0 radical (unpaired) electrons. The molecule has 1 heterocycles. The van der Waals surface area contributed by atoms with E-state index in [-0.39, 0.29) is 5.91 Å². The maximum atomic E-state index is 12.3. The van der Waals surface area contributed by atoms with E-state index in [0.29, 0.717) is 18.7 Å². The highest BCUT2D eigenvalue weighted by Crippen LogP contribution is 2.10. The summed E-state index contributed by atoms with van der Waals surface area (Å²) in [7, 11) is 0. The summed E-state index contributed by atoms with van der Waals surface area (Å²) in [4.78, 5) is 16.9. The first kappa shape index (κ1) is 17.6. The second-order valence-electron chi connectivity index (χ2n) is 5.26. The van der Waals surface area contributed by atoms with Gasteiger partial charge in [0.05, 0.1) is 4.99 Å². The summed E-state index contributed by atoms with van der Waals surface area (Å²) in [5.41, 5.74) is 1.62. The molecule has 0 aliphatic carbocycles. The molecule has 0 spiro atoms. The van der Waals surface area contributed by atoms with Crippen LogP contribution < -0.4 is 0 Å². The molecular formula is C16H24N2O2S. The summed E-state index contributed by atoms with van der Waals surface area (Å²) in [6.45, 7) is 11.9. The summed E-state index contributed by atoms with van der Waals surface area (Å²) in [6.07, 6.45) is 4.24. The zero-order chi connectivity index (χ0) is 16.0. The fourth-order valence-electron chi connectivity index (χ4n) is 2.03. The van der Waals surface area contributed by atoms with Gasteiger partial charge in [0.15, 0.2) is 6.10 Å². The van der Waals surface area contributed by atoms with Crippen LogP contribution in [0.25, 0.3) is 0 Å². The molecule has 1 rings (SSSR count). The molecule has 1 saturated heterocycles. The van der Waals surface area contributed by atoms with E-state index in [1.54, 1.807) is 24.0 Å². The van der Waals surface area contributed by atoms with E-state index in [0.717, 1.165) is 23.7 Å². The Balaban J connectivity index is 2.63. The van der Waals surface area contributed by atoms with Crippen LogP contribution in [-0.2, 0) is 4.79 Å².